The molecule has 0 aromatic heterocycles. The molecule has 2 aromatic rings. The third-order valence-corrected chi connectivity index (χ3v) is 9.79. The monoisotopic (exact) mass is 472 g/mol. The molecule has 0 unspecified atom stereocenters. The van der Waals surface area contributed by atoms with Crippen molar-refractivity contribution >= 4 is 20.0 Å². The van der Waals surface area contributed by atoms with Gasteiger partial charge in [-0.1, -0.05) is 24.3 Å². The average Bonchev–Trinajstić information content (AvgIpc) is 3.23. The Kier molecular flexibility index (Phi) is 5.79. The van der Waals surface area contributed by atoms with Crippen LogP contribution in [-0.2, 0) is 24.8 Å². The van der Waals surface area contributed by atoms with Gasteiger partial charge in [0.15, 0.2) is 0 Å². The van der Waals surface area contributed by atoms with Gasteiger partial charge in [-0.15, -0.1) is 0 Å². The van der Waals surface area contributed by atoms with E-state index in [1.165, 1.54) is 32.9 Å². The van der Waals surface area contributed by atoms with E-state index in [1.54, 1.807) is 24.3 Å². The molecule has 0 radical (unpaired) electrons. The van der Waals surface area contributed by atoms with Crippen LogP contribution in [0.4, 0.5) is 0 Å². The van der Waals surface area contributed by atoms with Gasteiger partial charge in [-0.05, 0) is 24.3 Å². The van der Waals surface area contributed by atoms with Crippen LogP contribution in [0.3, 0.4) is 0 Å². The van der Waals surface area contributed by atoms with Crippen LogP contribution in [-0.4, -0.2) is 57.4 Å². The topological polar surface area (TPSA) is 132 Å². The summed E-state index contributed by atoms with van der Waals surface area (Å²) in [5.74, 6) is 0. The fourth-order valence-electron chi connectivity index (χ4n) is 4.23. The van der Waals surface area contributed by atoms with Gasteiger partial charge < -0.3 is 4.74 Å². The number of hydrogen-bond acceptors (Lipinski definition) is 7. The summed E-state index contributed by atoms with van der Waals surface area (Å²) in [6, 6.07) is 15.8. The Labute approximate surface area is 187 Å². The number of rotatable bonds is 4. The number of sulfonamides is 2. The zero-order chi connectivity index (χ0) is 23.0. The van der Waals surface area contributed by atoms with Gasteiger partial charge in [-0.3, -0.25) is 0 Å². The van der Waals surface area contributed by atoms with Crippen molar-refractivity contribution in [2.45, 2.75) is 28.4 Å². The molecule has 1 spiro atoms. The third-order valence-electron chi connectivity index (χ3n) is 5.82. The molecule has 11 heteroatoms. The largest absolute Gasteiger partial charge is 0.358 e. The molecule has 2 fully saturated rings. The van der Waals surface area contributed by atoms with E-state index in [4.69, 9.17) is 4.74 Å². The highest BCUT2D eigenvalue weighted by Gasteiger charge is 2.52. The van der Waals surface area contributed by atoms with E-state index in [2.05, 4.69) is 0 Å². The highest BCUT2D eigenvalue weighted by molar-refractivity contribution is 7.89. The molecule has 0 aliphatic carbocycles. The Bertz CT molecular complexity index is 1330. The summed E-state index contributed by atoms with van der Waals surface area (Å²) >= 11 is 0. The normalized spacial score (nSPS) is 19.4. The molecule has 2 saturated heterocycles. The molecule has 2 aliphatic rings. The van der Waals surface area contributed by atoms with Crippen molar-refractivity contribution in [2.75, 3.05) is 26.2 Å². The van der Waals surface area contributed by atoms with Crippen molar-refractivity contribution in [2.24, 2.45) is 0 Å². The summed E-state index contributed by atoms with van der Waals surface area (Å²) < 4.78 is 61.4. The minimum absolute atomic E-state index is 0.0357. The summed E-state index contributed by atoms with van der Waals surface area (Å²) in [7, 11) is -7.95. The van der Waals surface area contributed by atoms with Crippen LogP contribution in [0.25, 0.3) is 0 Å². The Morgan fingerprint density at radius 2 is 1.28 bits per heavy atom. The summed E-state index contributed by atoms with van der Waals surface area (Å²) in [6.45, 7) is 0.367. The first-order chi connectivity index (χ1) is 15.3. The molecular weight excluding hydrogens is 452 g/mol. The van der Waals surface area contributed by atoms with Gasteiger partial charge in [0.05, 0.1) is 22.6 Å². The summed E-state index contributed by atoms with van der Waals surface area (Å²) in [6.07, 6.45) is 0.268. The van der Waals surface area contributed by atoms with Gasteiger partial charge in [0.1, 0.15) is 22.8 Å². The maximum Gasteiger partial charge on any atom is 0.246 e. The van der Waals surface area contributed by atoms with Crippen LogP contribution in [0.2, 0.25) is 0 Å². The lowest BCUT2D eigenvalue weighted by atomic mass is 10.0. The summed E-state index contributed by atoms with van der Waals surface area (Å²) in [5, 5.41) is 18.6. The predicted octanol–water partition coefficient (Wildman–Crippen LogP) is 1.63. The Hall–Kier alpha value is -2.80. The lowest BCUT2D eigenvalue weighted by Crippen LogP contribution is -2.55. The average molecular weight is 473 g/mol. The second-order valence-electron chi connectivity index (χ2n) is 7.49. The molecule has 0 atom stereocenters. The van der Waals surface area contributed by atoms with E-state index >= 15 is 0 Å². The van der Waals surface area contributed by atoms with Crippen LogP contribution in [0, 0.1) is 22.7 Å². The van der Waals surface area contributed by atoms with Crippen LogP contribution in [0.1, 0.15) is 24.0 Å². The minimum Gasteiger partial charge on any atom is -0.358 e. The van der Waals surface area contributed by atoms with Crippen LogP contribution < -0.4 is 0 Å². The van der Waals surface area contributed by atoms with Gasteiger partial charge in [0, 0.05) is 32.5 Å². The van der Waals surface area contributed by atoms with Crippen molar-refractivity contribution < 1.29 is 21.6 Å². The van der Waals surface area contributed by atoms with Crippen LogP contribution in [0.5, 0.6) is 0 Å². The van der Waals surface area contributed by atoms with E-state index < -0.39 is 25.8 Å². The lowest BCUT2D eigenvalue weighted by Gasteiger charge is -2.42. The number of piperidine rings is 1. The van der Waals surface area contributed by atoms with Gasteiger partial charge >= 0.3 is 0 Å². The van der Waals surface area contributed by atoms with Gasteiger partial charge in [0.2, 0.25) is 20.0 Å². The van der Waals surface area contributed by atoms with E-state index in [0.717, 1.165) is 0 Å². The van der Waals surface area contributed by atoms with E-state index in [1.807, 2.05) is 12.1 Å². The molecule has 166 valence electrons. The first kappa shape index (κ1) is 22.4. The quantitative estimate of drug-likeness (QED) is 0.661. The number of hydrogen-bond donors (Lipinski definition) is 0. The molecule has 2 aliphatic heterocycles. The second kappa shape index (κ2) is 8.28. The first-order valence-corrected chi connectivity index (χ1v) is 12.8. The maximum atomic E-state index is 13.4. The number of benzene rings is 2. The Balaban J connectivity index is 1.61. The van der Waals surface area contributed by atoms with Crippen LogP contribution in [0.15, 0.2) is 58.3 Å². The standard InChI is InChI=1S/C21H20N4O5S2/c22-15-17-5-1-3-7-19(17)31(26,27)24-11-9-21(10-12-24)25(13-14-30-21)32(28,29)20-8-4-2-6-18(20)16-23/h1-8H,9-14H2. The van der Waals surface area contributed by atoms with E-state index in [9.17, 15) is 27.4 Å². The van der Waals surface area contributed by atoms with Crippen molar-refractivity contribution in [3.63, 3.8) is 0 Å². The maximum absolute atomic E-state index is 13.4. The highest BCUT2D eigenvalue weighted by atomic mass is 32.2. The van der Waals surface area contributed by atoms with Crippen molar-refractivity contribution in [3.8, 4) is 12.1 Å². The van der Waals surface area contributed by atoms with E-state index in [-0.39, 0.29) is 60.0 Å². The first-order valence-electron chi connectivity index (χ1n) is 9.91. The van der Waals surface area contributed by atoms with Crippen molar-refractivity contribution in [3.05, 3.63) is 59.7 Å². The molecule has 4 rings (SSSR count). The van der Waals surface area contributed by atoms with Crippen LogP contribution >= 0.6 is 0 Å². The Morgan fingerprint density at radius 1 is 0.781 bits per heavy atom. The molecular formula is C21H20N4O5S2. The SMILES string of the molecule is N#Cc1ccccc1S(=O)(=O)N1CCC2(CC1)OCCN2S(=O)(=O)c1ccccc1C#N. The number of nitrogens with zero attached hydrogens (tertiary/aromatic N) is 4. The number of nitriles is 2. The van der Waals surface area contributed by atoms with E-state index in [0.29, 0.717) is 0 Å². The molecule has 0 bridgehead atoms. The van der Waals surface area contributed by atoms with Gasteiger partial charge in [0.25, 0.3) is 0 Å². The molecule has 2 heterocycles. The molecule has 9 nitrogen and oxygen atoms in total. The molecule has 2 aromatic carbocycles. The number of ether oxygens (including phenoxy) is 1. The third kappa shape index (κ3) is 3.58. The molecule has 0 saturated carbocycles. The van der Waals surface area contributed by atoms with Gasteiger partial charge in [-0.2, -0.15) is 19.1 Å². The van der Waals surface area contributed by atoms with Crippen molar-refractivity contribution in [1.29, 1.82) is 10.5 Å². The second-order valence-corrected chi connectivity index (χ2v) is 11.2. The van der Waals surface area contributed by atoms with Crippen molar-refractivity contribution in [1.82, 2.24) is 8.61 Å². The predicted molar refractivity (Wildman–Crippen MR) is 113 cm³/mol. The molecule has 0 amide bonds. The molecule has 0 N–H and O–H groups in total. The summed E-state index contributed by atoms with van der Waals surface area (Å²) in [4.78, 5) is -0.163. The molecule has 32 heavy (non-hydrogen) atoms. The fraction of sp³-hybridized carbons (Fsp3) is 0.333. The Morgan fingerprint density at radius 3 is 1.81 bits per heavy atom. The zero-order valence-electron chi connectivity index (χ0n) is 17.0. The van der Waals surface area contributed by atoms with Gasteiger partial charge in [-0.25, -0.2) is 16.8 Å². The zero-order valence-corrected chi connectivity index (χ0v) is 18.6. The lowest BCUT2D eigenvalue weighted by molar-refractivity contribution is -0.0806. The summed E-state index contributed by atoms with van der Waals surface area (Å²) in [5.41, 5.74) is -1.08. The fourth-order valence-corrected chi connectivity index (χ4v) is 7.68. The highest BCUT2D eigenvalue weighted by Crippen LogP contribution is 2.40. The minimum atomic E-state index is -4.03. The smallest absolute Gasteiger partial charge is 0.246 e.